The molecule has 2 unspecified atom stereocenters. The Balaban J connectivity index is 0.990. The summed E-state index contributed by atoms with van der Waals surface area (Å²) in [5.41, 5.74) is 4.56. The highest BCUT2D eigenvalue weighted by Crippen LogP contribution is 2.35. The van der Waals surface area contributed by atoms with E-state index in [0.29, 0.717) is 35.4 Å². The Bertz CT molecular complexity index is 1680. The Labute approximate surface area is 236 Å². The van der Waals surface area contributed by atoms with E-state index in [2.05, 4.69) is 57.5 Å². The molecule has 2 N–H and O–H groups in total. The fourth-order valence-electron chi connectivity index (χ4n) is 5.73. The second-order valence-corrected chi connectivity index (χ2v) is 10.9. The number of nitrogens with one attached hydrogen (secondary N) is 2. The first-order chi connectivity index (χ1) is 19.9. The number of anilines is 3. The van der Waals surface area contributed by atoms with Crippen LogP contribution in [0.25, 0.3) is 17.2 Å². The maximum absolute atomic E-state index is 13.5. The molecular formula is C29H30FN11. The van der Waals surface area contributed by atoms with Gasteiger partial charge in [-0.2, -0.15) is 9.49 Å². The van der Waals surface area contributed by atoms with Crippen LogP contribution in [0.1, 0.15) is 29.1 Å². The van der Waals surface area contributed by atoms with Gasteiger partial charge in [0, 0.05) is 85.0 Å². The number of H-pyrrole nitrogens is 1. The number of hydrogen-bond acceptors (Lipinski definition) is 9. The molecule has 0 aliphatic carbocycles. The van der Waals surface area contributed by atoms with Crippen molar-refractivity contribution < 1.29 is 4.39 Å². The summed E-state index contributed by atoms with van der Waals surface area (Å²) >= 11 is 0. The van der Waals surface area contributed by atoms with Crippen molar-refractivity contribution in [2.24, 2.45) is 0 Å². The van der Waals surface area contributed by atoms with Crippen molar-refractivity contribution in [2.45, 2.75) is 45.8 Å². The lowest BCUT2D eigenvalue weighted by Crippen LogP contribution is -2.68. The van der Waals surface area contributed by atoms with Gasteiger partial charge >= 0.3 is 0 Å². The van der Waals surface area contributed by atoms with Gasteiger partial charge in [-0.3, -0.25) is 10.00 Å². The summed E-state index contributed by atoms with van der Waals surface area (Å²) in [7, 11) is 0. The molecule has 3 saturated heterocycles. The Morgan fingerprint density at radius 2 is 1.73 bits per heavy atom. The van der Waals surface area contributed by atoms with Gasteiger partial charge in [0.2, 0.25) is 5.95 Å². The molecule has 0 spiro atoms. The van der Waals surface area contributed by atoms with Crippen LogP contribution in [-0.2, 0) is 6.54 Å². The lowest BCUT2D eigenvalue weighted by molar-refractivity contribution is -0.00875. The number of aromatic nitrogens is 8. The monoisotopic (exact) mass is 551 g/mol. The van der Waals surface area contributed by atoms with Crippen molar-refractivity contribution in [3.63, 3.8) is 0 Å². The molecule has 2 atom stereocenters. The molecule has 8 rings (SSSR count). The number of aromatic amines is 1. The summed E-state index contributed by atoms with van der Waals surface area (Å²) in [4.78, 5) is 23.5. The fourth-order valence-corrected chi connectivity index (χ4v) is 5.73. The van der Waals surface area contributed by atoms with E-state index in [9.17, 15) is 4.39 Å². The van der Waals surface area contributed by atoms with Crippen molar-refractivity contribution in [1.29, 1.82) is 0 Å². The minimum atomic E-state index is -0.498. The third kappa shape index (κ3) is 5.02. The molecule has 11 nitrogen and oxygen atoms in total. The molecule has 3 aliphatic heterocycles. The molecule has 0 aromatic carbocycles. The molecule has 41 heavy (non-hydrogen) atoms. The molecule has 208 valence electrons. The van der Waals surface area contributed by atoms with Gasteiger partial charge in [-0.1, -0.05) is 6.07 Å². The van der Waals surface area contributed by atoms with Crippen molar-refractivity contribution in [3.8, 4) is 17.2 Å². The van der Waals surface area contributed by atoms with E-state index in [1.807, 2.05) is 57.4 Å². The zero-order chi connectivity index (χ0) is 28.1. The molecule has 2 bridgehead atoms. The third-order valence-electron chi connectivity index (χ3n) is 7.74. The fraction of sp³-hybridized carbons (Fsp3) is 0.310. The van der Waals surface area contributed by atoms with Crippen LogP contribution in [-0.4, -0.2) is 70.0 Å². The highest BCUT2D eigenvalue weighted by atomic mass is 19.1. The van der Waals surface area contributed by atoms with Gasteiger partial charge in [0.05, 0.1) is 0 Å². The Kier molecular flexibility index (Phi) is 6.19. The molecule has 3 aliphatic rings. The lowest BCUT2D eigenvalue weighted by atomic mass is 9.87. The van der Waals surface area contributed by atoms with Crippen LogP contribution in [0.3, 0.4) is 0 Å². The van der Waals surface area contributed by atoms with E-state index in [1.165, 1.54) is 17.2 Å². The van der Waals surface area contributed by atoms with Gasteiger partial charge < -0.3 is 10.2 Å². The minimum Gasteiger partial charge on any atom is -0.353 e. The van der Waals surface area contributed by atoms with E-state index >= 15 is 0 Å². The second-order valence-electron chi connectivity index (χ2n) is 10.9. The van der Waals surface area contributed by atoms with Gasteiger partial charge in [-0.15, -0.1) is 5.10 Å². The minimum absolute atomic E-state index is 0.469. The van der Waals surface area contributed by atoms with E-state index in [-0.39, 0.29) is 0 Å². The summed E-state index contributed by atoms with van der Waals surface area (Å²) in [6, 6.07) is 14.2. The first-order valence-electron chi connectivity index (χ1n) is 13.7. The summed E-state index contributed by atoms with van der Waals surface area (Å²) in [6.45, 7) is 8.42. The van der Waals surface area contributed by atoms with Crippen LogP contribution in [0.5, 0.6) is 0 Å². The predicted molar refractivity (Wildman–Crippen MR) is 153 cm³/mol. The highest BCUT2D eigenvalue weighted by Gasteiger charge is 2.44. The molecule has 5 aromatic heterocycles. The number of fused-ring (bicyclic) bond motifs is 2. The molecule has 8 heterocycles. The van der Waals surface area contributed by atoms with Crippen LogP contribution >= 0.6 is 0 Å². The van der Waals surface area contributed by atoms with Crippen LogP contribution in [0, 0.1) is 26.7 Å². The van der Waals surface area contributed by atoms with Crippen molar-refractivity contribution in [3.05, 3.63) is 83.5 Å². The normalized spacial score (nSPS) is 18.4. The Hall–Kier alpha value is -4.71. The molecular weight excluding hydrogens is 521 g/mol. The molecule has 12 heteroatoms. The van der Waals surface area contributed by atoms with Gasteiger partial charge in [-0.25, -0.2) is 24.6 Å². The molecule has 0 amide bonds. The van der Waals surface area contributed by atoms with Gasteiger partial charge in [-0.05, 0) is 51.0 Å². The van der Waals surface area contributed by atoms with Gasteiger partial charge in [0.1, 0.15) is 11.6 Å². The van der Waals surface area contributed by atoms with E-state index in [0.717, 1.165) is 53.7 Å². The number of piperidine rings is 1. The maximum Gasteiger partial charge on any atom is 0.233 e. The van der Waals surface area contributed by atoms with E-state index in [1.54, 1.807) is 0 Å². The second kappa shape index (κ2) is 10.0. The van der Waals surface area contributed by atoms with Crippen molar-refractivity contribution in [2.75, 3.05) is 23.3 Å². The van der Waals surface area contributed by atoms with E-state index < -0.39 is 5.95 Å². The quantitative estimate of drug-likeness (QED) is 0.308. The number of rotatable bonds is 7. The van der Waals surface area contributed by atoms with Crippen molar-refractivity contribution >= 4 is 17.5 Å². The smallest absolute Gasteiger partial charge is 0.233 e. The highest BCUT2D eigenvalue weighted by molar-refractivity contribution is 5.61. The molecule has 0 radical (unpaired) electrons. The average Bonchev–Trinajstić information content (AvgIpc) is 3.54. The van der Waals surface area contributed by atoms with Crippen LogP contribution in [0.2, 0.25) is 0 Å². The van der Waals surface area contributed by atoms with Crippen LogP contribution in [0.4, 0.5) is 21.8 Å². The van der Waals surface area contributed by atoms with Crippen LogP contribution < -0.4 is 10.2 Å². The lowest BCUT2D eigenvalue weighted by Gasteiger charge is -2.56. The Morgan fingerprint density at radius 3 is 2.39 bits per heavy atom. The largest absolute Gasteiger partial charge is 0.353 e. The summed E-state index contributed by atoms with van der Waals surface area (Å²) in [5.74, 6) is 3.12. The predicted octanol–water partition coefficient (Wildman–Crippen LogP) is 4.11. The number of aryl methyl sites for hydroxylation is 3. The number of pyridine rings is 2. The van der Waals surface area contributed by atoms with Crippen LogP contribution in [0.15, 0.2) is 54.9 Å². The summed E-state index contributed by atoms with van der Waals surface area (Å²) < 4.78 is 15.0. The summed E-state index contributed by atoms with van der Waals surface area (Å²) in [6.07, 6.45) is 4.91. The first kappa shape index (κ1) is 25.3. The van der Waals surface area contributed by atoms with Gasteiger partial charge in [0.15, 0.2) is 17.5 Å². The standard InChI is InChI=1S/C29H30FN11/c1-17-8-25(34-26-9-18(2)36-37-26)35-29(33-17)21-5-7-27(32-13-21)39-15-22-11-23(16-39)40(22)14-20-4-6-28(31-12-20)41-19(3)10-24(30)38-41/h4-10,12-13,22-23H,11,14-16H2,1-3H3,(H2,33,34,35,36,37). The zero-order valence-corrected chi connectivity index (χ0v) is 23.1. The molecule has 5 aromatic rings. The van der Waals surface area contributed by atoms with Crippen molar-refractivity contribution in [1.82, 2.24) is 44.8 Å². The topological polar surface area (TPSA) is 117 Å². The van der Waals surface area contributed by atoms with Gasteiger partial charge in [0.25, 0.3) is 0 Å². The van der Waals surface area contributed by atoms with E-state index in [4.69, 9.17) is 4.98 Å². The SMILES string of the molecule is Cc1cc(Nc2cc(C)[nH]n2)nc(-c2ccc(N3CC4CC(C3)N4Cc3ccc(-n4nc(F)cc4C)nc3)nc2)n1. The molecule has 3 fully saturated rings. The number of halogens is 1. The third-order valence-corrected chi connectivity index (χ3v) is 7.74. The number of piperazine rings is 1. The average molecular weight is 552 g/mol. The number of nitrogens with zero attached hydrogens (tertiary/aromatic N) is 9. The Morgan fingerprint density at radius 1 is 0.927 bits per heavy atom. The first-order valence-corrected chi connectivity index (χ1v) is 13.7. The zero-order valence-electron chi connectivity index (χ0n) is 23.1. The molecule has 0 saturated carbocycles. The summed E-state index contributed by atoms with van der Waals surface area (Å²) in [5, 5.41) is 14.3. The maximum atomic E-state index is 13.5. The number of hydrogen-bond donors (Lipinski definition) is 2.